The van der Waals surface area contributed by atoms with Gasteiger partial charge in [0.1, 0.15) is 11.5 Å². The summed E-state index contributed by atoms with van der Waals surface area (Å²) in [5, 5.41) is 16.9. The number of nitrogens with two attached hydrogens (primary N) is 1. The number of benzene rings is 2. The number of methoxy groups -OCH3 is 3. The number of hydrogen-bond acceptors (Lipinski definition) is 10. The second kappa shape index (κ2) is 8.98. The maximum Gasteiger partial charge on any atom is 0.307 e. The molecule has 0 saturated heterocycles. The highest BCUT2D eigenvalue weighted by atomic mass is 19.1. The van der Waals surface area contributed by atoms with E-state index in [2.05, 4.69) is 20.6 Å². The second-order valence-electron chi connectivity index (χ2n) is 6.08. The van der Waals surface area contributed by atoms with Crippen molar-refractivity contribution in [3.63, 3.8) is 0 Å². The molecular formula is C19H19FN6O5. The van der Waals surface area contributed by atoms with E-state index in [9.17, 15) is 14.5 Å². The van der Waals surface area contributed by atoms with Crippen molar-refractivity contribution in [2.75, 3.05) is 37.7 Å². The Morgan fingerprint density at radius 1 is 1.00 bits per heavy atom. The van der Waals surface area contributed by atoms with Crippen LogP contribution in [0.5, 0.6) is 17.2 Å². The molecule has 4 N–H and O–H groups in total. The molecule has 162 valence electrons. The molecule has 2 aromatic carbocycles. The van der Waals surface area contributed by atoms with Crippen LogP contribution >= 0.6 is 0 Å². The molecule has 0 aliphatic heterocycles. The lowest BCUT2D eigenvalue weighted by molar-refractivity contribution is -0.387. The zero-order valence-corrected chi connectivity index (χ0v) is 16.8. The number of nitro benzene ring substituents is 1. The molecule has 31 heavy (non-hydrogen) atoms. The van der Waals surface area contributed by atoms with Crippen molar-refractivity contribution < 1.29 is 23.5 Å². The van der Waals surface area contributed by atoms with E-state index >= 15 is 0 Å². The lowest BCUT2D eigenvalue weighted by Gasteiger charge is -2.15. The fourth-order valence-electron chi connectivity index (χ4n) is 2.69. The first-order valence-electron chi connectivity index (χ1n) is 8.76. The topological polar surface area (TPSA) is 147 Å². The molecule has 0 aliphatic rings. The van der Waals surface area contributed by atoms with Crippen molar-refractivity contribution in [3.8, 4) is 17.2 Å². The summed E-state index contributed by atoms with van der Waals surface area (Å²) < 4.78 is 29.6. The molecule has 1 heterocycles. The number of nitrogen functional groups attached to an aromatic ring is 1. The van der Waals surface area contributed by atoms with Gasteiger partial charge >= 0.3 is 5.69 Å². The van der Waals surface area contributed by atoms with Crippen LogP contribution in [0.1, 0.15) is 0 Å². The van der Waals surface area contributed by atoms with Crippen LogP contribution in [0.4, 0.5) is 38.9 Å². The molecule has 0 radical (unpaired) electrons. The van der Waals surface area contributed by atoms with Crippen molar-refractivity contribution in [2.24, 2.45) is 0 Å². The Morgan fingerprint density at radius 2 is 1.68 bits per heavy atom. The van der Waals surface area contributed by atoms with Gasteiger partial charge in [0.15, 0.2) is 11.6 Å². The average molecular weight is 430 g/mol. The molecule has 1 aromatic heterocycles. The largest absolute Gasteiger partial charge is 0.495 e. The molecule has 0 unspecified atom stereocenters. The summed E-state index contributed by atoms with van der Waals surface area (Å²) in [6.07, 6.45) is 1.39. The maximum absolute atomic E-state index is 13.9. The first-order chi connectivity index (χ1) is 14.9. The number of nitrogens with zero attached hydrogens (tertiary/aromatic N) is 3. The second-order valence-corrected chi connectivity index (χ2v) is 6.08. The number of halogens is 1. The van der Waals surface area contributed by atoms with Gasteiger partial charge in [-0.25, -0.2) is 4.98 Å². The molecule has 11 nitrogen and oxygen atoms in total. The maximum atomic E-state index is 13.9. The number of ether oxygens (including phenoxy) is 3. The van der Waals surface area contributed by atoms with Crippen molar-refractivity contribution in [1.29, 1.82) is 0 Å². The minimum atomic E-state index is -1.03. The smallest absolute Gasteiger partial charge is 0.307 e. The van der Waals surface area contributed by atoms with Crippen molar-refractivity contribution in [2.45, 2.75) is 0 Å². The number of nitrogens with one attached hydrogen (secondary N) is 2. The molecule has 0 spiro atoms. The fourth-order valence-corrected chi connectivity index (χ4v) is 2.69. The Bertz CT molecular complexity index is 1130. The summed E-state index contributed by atoms with van der Waals surface area (Å²) in [6, 6.07) is 6.92. The number of hydrogen-bond donors (Lipinski definition) is 3. The molecular weight excluding hydrogens is 411 g/mol. The quantitative estimate of drug-likeness (QED) is 0.275. The monoisotopic (exact) mass is 430 g/mol. The van der Waals surface area contributed by atoms with E-state index in [0.717, 1.165) is 12.1 Å². The van der Waals surface area contributed by atoms with E-state index in [-0.39, 0.29) is 23.2 Å². The fraction of sp³-hybridized carbons (Fsp3) is 0.158. The van der Waals surface area contributed by atoms with Crippen molar-refractivity contribution >= 4 is 34.5 Å². The average Bonchev–Trinajstić information content (AvgIpc) is 2.75. The molecule has 0 bridgehead atoms. The highest BCUT2D eigenvalue weighted by Crippen LogP contribution is 2.35. The van der Waals surface area contributed by atoms with E-state index in [4.69, 9.17) is 19.9 Å². The van der Waals surface area contributed by atoms with Crippen LogP contribution in [-0.4, -0.2) is 36.2 Å². The van der Waals surface area contributed by atoms with Gasteiger partial charge < -0.3 is 30.6 Å². The third kappa shape index (κ3) is 4.63. The molecule has 12 heteroatoms. The minimum Gasteiger partial charge on any atom is -0.495 e. The van der Waals surface area contributed by atoms with E-state index < -0.39 is 16.4 Å². The SMILES string of the molecule is COc1cc(F)c([N+](=O)[O-])cc1Nc1ncc(OC)c(Nc2cc(N)ccc2OC)n1. The van der Waals surface area contributed by atoms with Crippen LogP contribution in [0.3, 0.4) is 0 Å². The van der Waals surface area contributed by atoms with Gasteiger partial charge in [0.2, 0.25) is 11.8 Å². The number of anilines is 5. The van der Waals surface area contributed by atoms with E-state index in [1.165, 1.54) is 27.5 Å². The Hall–Kier alpha value is -4.35. The molecule has 0 atom stereocenters. The number of rotatable bonds is 8. The summed E-state index contributed by atoms with van der Waals surface area (Å²) in [5.41, 5.74) is 6.26. The Kier molecular flexibility index (Phi) is 6.19. The van der Waals surface area contributed by atoms with E-state index in [1.807, 2.05) is 0 Å². The van der Waals surface area contributed by atoms with Gasteiger partial charge in [-0.3, -0.25) is 10.1 Å². The van der Waals surface area contributed by atoms with Gasteiger partial charge in [-0.2, -0.15) is 9.37 Å². The van der Waals surface area contributed by atoms with Crippen LogP contribution in [0.2, 0.25) is 0 Å². The molecule has 0 aliphatic carbocycles. The van der Waals surface area contributed by atoms with Gasteiger partial charge in [0.05, 0.1) is 43.8 Å². The Labute approximate surface area is 176 Å². The first kappa shape index (κ1) is 21.4. The highest BCUT2D eigenvalue weighted by molar-refractivity contribution is 5.73. The normalized spacial score (nSPS) is 10.3. The predicted octanol–water partition coefficient (Wildman–Crippen LogP) is 3.62. The molecule has 0 saturated carbocycles. The van der Waals surface area contributed by atoms with Gasteiger partial charge in [-0.1, -0.05) is 0 Å². The zero-order valence-electron chi connectivity index (χ0n) is 16.8. The lowest BCUT2D eigenvalue weighted by atomic mass is 10.2. The Balaban J connectivity index is 1.99. The standard InChI is InChI=1S/C19H19FN6O5/c1-29-15-5-4-10(21)6-12(15)23-18-17(31-3)9-22-19(25-18)24-13-8-14(26(27)28)11(20)7-16(13)30-2/h4-9H,21H2,1-3H3,(H2,22,23,24,25). The van der Waals surface area contributed by atoms with Crippen LogP contribution in [0, 0.1) is 15.9 Å². The first-order valence-corrected chi connectivity index (χ1v) is 8.76. The summed E-state index contributed by atoms with van der Waals surface area (Å²) >= 11 is 0. The summed E-state index contributed by atoms with van der Waals surface area (Å²) in [5.74, 6) is 0.144. The van der Waals surface area contributed by atoms with Gasteiger partial charge in [0.25, 0.3) is 0 Å². The molecule has 3 rings (SSSR count). The van der Waals surface area contributed by atoms with Crippen LogP contribution in [0.25, 0.3) is 0 Å². The third-order valence-corrected chi connectivity index (χ3v) is 4.16. The number of nitro groups is 1. The van der Waals surface area contributed by atoms with E-state index in [1.54, 1.807) is 18.2 Å². The number of aromatic nitrogens is 2. The summed E-state index contributed by atoms with van der Waals surface area (Å²) in [6.45, 7) is 0. The molecule has 0 fully saturated rings. The Morgan fingerprint density at radius 3 is 2.32 bits per heavy atom. The third-order valence-electron chi connectivity index (χ3n) is 4.16. The highest BCUT2D eigenvalue weighted by Gasteiger charge is 2.20. The van der Waals surface area contributed by atoms with Crippen molar-refractivity contribution in [3.05, 3.63) is 52.5 Å². The molecule has 0 amide bonds. The van der Waals surface area contributed by atoms with Crippen LogP contribution in [0.15, 0.2) is 36.5 Å². The van der Waals surface area contributed by atoms with Crippen molar-refractivity contribution in [1.82, 2.24) is 9.97 Å². The van der Waals surface area contributed by atoms with Gasteiger partial charge in [0, 0.05) is 17.8 Å². The van der Waals surface area contributed by atoms with Crippen LogP contribution in [-0.2, 0) is 0 Å². The summed E-state index contributed by atoms with van der Waals surface area (Å²) in [7, 11) is 4.26. The zero-order chi connectivity index (χ0) is 22.5. The summed E-state index contributed by atoms with van der Waals surface area (Å²) in [4.78, 5) is 18.7. The predicted molar refractivity (Wildman–Crippen MR) is 112 cm³/mol. The lowest BCUT2D eigenvalue weighted by Crippen LogP contribution is -2.05. The molecule has 3 aromatic rings. The van der Waals surface area contributed by atoms with Gasteiger partial charge in [-0.15, -0.1) is 0 Å². The minimum absolute atomic E-state index is 0.0366. The van der Waals surface area contributed by atoms with E-state index in [0.29, 0.717) is 22.9 Å². The van der Waals surface area contributed by atoms with Crippen LogP contribution < -0.4 is 30.6 Å². The van der Waals surface area contributed by atoms with Gasteiger partial charge in [-0.05, 0) is 18.2 Å².